The Bertz CT molecular complexity index is 1030. The van der Waals surface area contributed by atoms with Gasteiger partial charge < -0.3 is 19.6 Å². The first kappa shape index (κ1) is 26.4. The van der Waals surface area contributed by atoms with Crippen LogP contribution in [0.15, 0.2) is 36.4 Å². The Kier molecular flexibility index (Phi) is 9.07. The van der Waals surface area contributed by atoms with E-state index in [1.165, 1.54) is 19.2 Å². The fourth-order valence-electron chi connectivity index (χ4n) is 4.40. The average Bonchev–Trinajstić information content (AvgIpc) is 2.85. The molecule has 0 atom stereocenters. The molecule has 6 nitrogen and oxygen atoms in total. The molecule has 2 heterocycles. The summed E-state index contributed by atoms with van der Waals surface area (Å²) in [5, 5.41) is 8.76. The van der Waals surface area contributed by atoms with Crippen molar-refractivity contribution < 1.29 is 28.2 Å². The zero-order valence-corrected chi connectivity index (χ0v) is 20.6. The van der Waals surface area contributed by atoms with Gasteiger partial charge in [-0.1, -0.05) is 13.8 Å². The van der Waals surface area contributed by atoms with Crippen LogP contribution in [0.5, 0.6) is 0 Å². The Morgan fingerprint density at radius 2 is 1.20 bits per heavy atom. The van der Waals surface area contributed by atoms with E-state index in [1.54, 1.807) is 18.2 Å². The number of hydrogen-bond acceptors (Lipinski definition) is 5. The lowest BCUT2D eigenvalue weighted by molar-refractivity contribution is 0.0599. The zero-order chi connectivity index (χ0) is 25.5. The fourth-order valence-corrected chi connectivity index (χ4v) is 4.40. The molecule has 0 aromatic heterocycles. The van der Waals surface area contributed by atoms with Gasteiger partial charge in [0.05, 0.1) is 29.6 Å². The molecule has 8 heteroatoms. The van der Waals surface area contributed by atoms with Crippen LogP contribution >= 0.6 is 0 Å². The third kappa shape index (κ3) is 6.93. The normalized spacial score (nSPS) is 16.9. The number of piperidine rings is 2. The number of halogens is 2. The summed E-state index contributed by atoms with van der Waals surface area (Å²) in [7, 11) is 1.29. The van der Waals surface area contributed by atoms with E-state index >= 15 is 0 Å². The van der Waals surface area contributed by atoms with Crippen LogP contribution in [0.25, 0.3) is 0 Å². The molecular formula is C27H34F2N2O4. The highest BCUT2D eigenvalue weighted by Gasteiger charge is 2.20. The Balaban J connectivity index is 0.000000196. The van der Waals surface area contributed by atoms with Crippen molar-refractivity contribution in [3.05, 3.63) is 59.2 Å². The minimum atomic E-state index is -1.09. The van der Waals surface area contributed by atoms with Crippen LogP contribution in [0, 0.1) is 23.5 Å². The smallest absolute Gasteiger partial charge is 0.337 e. The van der Waals surface area contributed by atoms with Gasteiger partial charge in [-0.25, -0.2) is 18.4 Å². The second-order valence-corrected chi connectivity index (χ2v) is 9.47. The minimum absolute atomic E-state index is 0.00312. The van der Waals surface area contributed by atoms with E-state index < -0.39 is 17.8 Å². The molecule has 0 radical (unpaired) electrons. The van der Waals surface area contributed by atoms with Gasteiger partial charge in [0, 0.05) is 26.2 Å². The van der Waals surface area contributed by atoms with Crippen LogP contribution in [0.1, 0.15) is 60.2 Å². The summed E-state index contributed by atoms with van der Waals surface area (Å²) in [6.07, 6.45) is 4.27. The molecule has 2 aromatic carbocycles. The average molecular weight is 489 g/mol. The standard InChI is InChI=1S/C14H18FNO2.C13H16FNO2/c1-10-5-7-16(8-6-10)13-4-3-11(9-12(13)15)14(17)18-2;1-9-4-6-15(7-5-9)12-3-2-10(13(16)17)8-11(12)14/h3-4,9-10H,5-8H2,1-2H3;2-3,8-9H,4-7H2,1H3,(H,16,17). The maximum atomic E-state index is 14.0. The number of carboxylic acid groups (broad SMARTS) is 1. The van der Waals surface area contributed by atoms with Crippen molar-refractivity contribution in [2.24, 2.45) is 11.8 Å². The van der Waals surface area contributed by atoms with Gasteiger partial charge in [-0.15, -0.1) is 0 Å². The number of hydrogen-bond donors (Lipinski definition) is 1. The van der Waals surface area contributed by atoms with Gasteiger partial charge in [0.2, 0.25) is 0 Å². The van der Waals surface area contributed by atoms with E-state index in [9.17, 15) is 18.4 Å². The van der Waals surface area contributed by atoms with Gasteiger partial charge in [-0.05, 0) is 73.9 Å². The molecule has 2 aliphatic rings. The Hall–Kier alpha value is -3.16. The van der Waals surface area contributed by atoms with Gasteiger partial charge in [0.15, 0.2) is 0 Å². The van der Waals surface area contributed by atoms with Crippen molar-refractivity contribution in [2.45, 2.75) is 39.5 Å². The van der Waals surface area contributed by atoms with E-state index in [2.05, 4.69) is 18.6 Å². The number of aromatic carboxylic acids is 1. The summed E-state index contributed by atoms with van der Waals surface area (Å²) in [6.45, 7) is 7.83. The third-order valence-corrected chi connectivity index (χ3v) is 6.81. The largest absolute Gasteiger partial charge is 0.478 e. The quantitative estimate of drug-likeness (QED) is 0.565. The number of rotatable bonds is 4. The molecule has 2 saturated heterocycles. The topological polar surface area (TPSA) is 70.1 Å². The van der Waals surface area contributed by atoms with Gasteiger partial charge in [0.1, 0.15) is 11.6 Å². The summed E-state index contributed by atoms with van der Waals surface area (Å²) in [5.41, 5.74) is 1.34. The highest BCUT2D eigenvalue weighted by atomic mass is 19.1. The molecular weight excluding hydrogens is 454 g/mol. The van der Waals surface area contributed by atoms with Crippen molar-refractivity contribution >= 4 is 23.3 Å². The van der Waals surface area contributed by atoms with E-state index in [4.69, 9.17) is 5.11 Å². The maximum absolute atomic E-state index is 14.0. The van der Waals surface area contributed by atoms with Crippen LogP contribution in [0.2, 0.25) is 0 Å². The number of carbonyl (C=O) groups is 2. The van der Waals surface area contributed by atoms with Crippen LogP contribution < -0.4 is 9.80 Å². The Morgan fingerprint density at radius 1 is 0.800 bits per heavy atom. The summed E-state index contributed by atoms with van der Waals surface area (Å²) < 4.78 is 32.3. The molecule has 0 saturated carbocycles. The zero-order valence-electron chi connectivity index (χ0n) is 20.6. The molecule has 0 aliphatic carbocycles. The fraction of sp³-hybridized carbons (Fsp3) is 0.481. The second-order valence-electron chi connectivity index (χ2n) is 9.47. The van der Waals surface area contributed by atoms with Crippen molar-refractivity contribution in [1.29, 1.82) is 0 Å². The first-order valence-corrected chi connectivity index (χ1v) is 12.1. The van der Waals surface area contributed by atoms with E-state index in [0.717, 1.165) is 57.9 Å². The number of methoxy groups -OCH3 is 1. The lowest BCUT2D eigenvalue weighted by atomic mass is 9.98. The molecule has 0 spiro atoms. The minimum Gasteiger partial charge on any atom is -0.478 e. The lowest BCUT2D eigenvalue weighted by Crippen LogP contribution is -2.33. The van der Waals surface area contributed by atoms with E-state index in [0.29, 0.717) is 23.2 Å². The predicted molar refractivity (Wildman–Crippen MR) is 132 cm³/mol. The number of carboxylic acids is 1. The van der Waals surface area contributed by atoms with Crippen molar-refractivity contribution in [2.75, 3.05) is 43.1 Å². The number of ether oxygens (including phenoxy) is 1. The predicted octanol–water partition coefficient (Wildman–Crippen LogP) is 5.61. The van der Waals surface area contributed by atoms with Crippen LogP contribution in [0.4, 0.5) is 20.2 Å². The molecule has 190 valence electrons. The van der Waals surface area contributed by atoms with E-state index in [-0.39, 0.29) is 16.9 Å². The van der Waals surface area contributed by atoms with Crippen molar-refractivity contribution in [3.63, 3.8) is 0 Å². The molecule has 0 amide bonds. The second kappa shape index (κ2) is 12.0. The number of anilines is 2. The van der Waals surface area contributed by atoms with Gasteiger partial charge in [-0.3, -0.25) is 0 Å². The molecule has 2 fully saturated rings. The summed E-state index contributed by atoms with van der Waals surface area (Å²) in [5.74, 6) is -1.01. The molecule has 4 rings (SSSR count). The Labute approximate surface area is 205 Å². The Morgan fingerprint density at radius 3 is 1.57 bits per heavy atom. The van der Waals surface area contributed by atoms with Crippen LogP contribution in [-0.4, -0.2) is 50.3 Å². The summed E-state index contributed by atoms with van der Waals surface area (Å²) in [6, 6.07) is 8.64. The third-order valence-electron chi connectivity index (χ3n) is 6.81. The molecule has 0 unspecified atom stereocenters. The maximum Gasteiger partial charge on any atom is 0.337 e. The highest BCUT2D eigenvalue weighted by molar-refractivity contribution is 5.90. The number of nitrogens with zero attached hydrogens (tertiary/aromatic N) is 2. The van der Waals surface area contributed by atoms with Crippen LogP contribution in [0.3, 0.4) is 0 Å². The van der Waals surface area contributed by atoms with Gasteiger partial charge in [-0.2, -0.15) is 0 Å². The number of carbonyl (C=O) groups excluding carboxylic acids is 1. The summed E-state index contributed by atoms with van der Waals surface area (Å²) in [4.78, 5) is 26.0. The van der Waals surface area contributed by atoms with Gasteiger partial charge >= 0.3 is 11.9 Å². The first-order chi connectivity index (χ1) is 16.7. The molecule has 0 bridgehead atoms. The molecule has 1 N–H and O–H groups in total. The van der Waals surface area contributed by atoms with E-state index in [1.807, 2.05) is 9.80 Å². The number of esters is 1. The van der Waals surface area contributed by atoms with Crippen molar-refractivity contribution in [3.8, 4) is 0 Å². The molecule has 2 aliphatic heterocycles. The van der Waals surface area contributed by atoms with Crippen LogP contribution in [-0.2, 0) is 4.74 Å². The number of benzene rings is 2. The van der Waals surface area contributed by atoms with Gasteiger partial charge in [0.25, 0.3) is 0 Å². The lowest BCUT2D eigenvalue weighted by Gasteiger charge is -2.32. The molecule has 35 heavy (non-hydrogen) atoms. The highest BCUT2D eigenvalue weighted by Crippen LogP contribution is 2.27. The molecule has 2 aromatic rings. The first-order valence-electron chi connectivity index (χ1n) is 12.1. The summed E-state index contributed by atoms with van der Waals surface area (Å²) >= 11 is 0. The SMILES string of the molecule is CC1CCN(c2ccc(C(=O)O)cc2F)CC1.COC(=O)c1ccc(N2CCC(C)CC2)c(F)c1. The van der Waals surface area contributed by atoms with Crippen molar-refractivity contribution in [1.82, 2.24) is 0 Å². The monoisotopic (exact) mass is 488 g/mol.